The molecule has 3 aliphatic rings. The number of aryl methyl sites for hydroxylation is 2. The number of hydrogen-bond acceptors (Lipinski definition) is 12. The molecule has 1 amide bonds. The molecule has 15 nitrogen and oxygen atoms in total. The Labute approximate surface area is 325 Å². The Bertz CT molecular complexity index is 2350. The second kappa shape index (κ2) is 15.9. The molecule has 0 bridgehead atoms. The van der Waals surface area contributed by atoms with Gasteiger partial charge in [0, 0.05) is 37.7 Å². The summed E-state index contributed by atoms with van der Waals surface area (Å²) in [6, 6.07) is 13.6. The molecule has 0 saturated carbocycles. The van der Waals surface area contributed by atoms with Crippen LogP contribution in [0.25, 0.3) is 27.6 Å². The molecule has 0 aliphatic carbocycles. The maximum atomic E-state index is 14.9. The van der Waals surface area contributed by atoms with Gasteiger partial charge in [-0.15, -0.1) is 0 Å². The number of carbonyl (C=O) groups excluding carboxylic acids is 1. The number of aromatic nitrogens is 6. The van der Waals surface area contributed by atoms with Crippen molar-refractivity contribution in [2.45, 2.75) is 84.2 Å². The molecule has 0 N–H and O–H groups in total. The lowest BCUT2D eigenvalue weighted by molar-refractivity contribution is -0.0366. The molecule has 5 aromatic rings. The summed E-state index contributed by atoms with van der Waals surface area (Å²) in [4.78, 5) is 48.8. The molecule has 6 heterocycles. The summed E-state index contributed by atoms with van der Waals surface area (Å²) in [7, 11) is 2.08. The molecular formula is C41H48N10O5. The summed E-state index contributed by atoms with van der Waals surface area (Å²) < 4.78 is 21.6. The molecule has 2 aromatic carbocycles. The summed E-state index contributed by atoms with van der Waals surface area (Å²) in [5.74, 6) is 0.882. The first-order chi connectivity index (χ1) is 27.2. The molecule has 3 aliphatic heterocycles. The van der Waals surface area contributed by atoms with Crippen molar-refractivity contribution in [3.63, 3.8) is 0 Å². The average Bonchev–Trinajstić information content (AvgIpc) is 3.83. The van der Waals surface area contributed by atoms with Gasteiger partial charge in [0.05, 0.1) is 35.9 Å². The van der Waals surface area contributed by atoms with E-state index in [1.807, 2.05) is 66.9 Å². The summed E-state index contributed by atoms with van der Waals surface area (Å²) in [5.41, 5.74) is 4.50. The lowest BCUT2D eigenvalue weighted by Crippen LogP contribution is -2.55. The van der Waals surface area contributed by atoms with Crippen molar-refractivity contribution in [2.24, 2.45) is 0 Å². The Morgan fingerprint density at radius 1 is 1.00 bits per heavy atom. The minimum absolute atomic E-state index is 0.0806. The van der Waals surface area contributed by atoms with Gasteiger partial charge in [0.2, 0.25) is 0 Å². The quantitative estimate of drug-likeness (QED) is 0.190. The summed E-state index contributed by atoms with van der Waals surface area (Å²) in [6.45, 7) is 8.93. The number of benzene rings is 2. The first kappa shape index (κ1) is 37.3. The largest absolute Gasteiger partial charge is 0.462 e. The third-order valence-electron chi connectivity index (χ3n) is 11.5. The Kier molecular flexibility index (Phi) is 10.6. The third kappa shape index (κ3) is 7.14. The topological polar surface area (TPSA) is 157 Å². The zero-order valence-corrected chi connectivity index (χ0v) is 32.5. The highest BCUT2D eigenvalue weighted by atomic mass is 16.6. The van der Waals surface area contributed by atoms with Gasteiger partial charge >= 0.3 is 12.1 Å². The van der Waals surface area contributed by atoms with Crippen molar-refractivity contribution in [1.29, 1.82) is 5.26 Å². The van der Waals surface area contributed by atoms with Crippen molar-refractivity contribution in [2.75, 3.05) is 51.3 Å². The number of rotatable bonds is 9. The number of piperazine rings is 1. The minimum atomic E-state index is -0.493. The van der Waals surface area contributed by atoms with E-state index in [9.17, 15) is 14.9 Å². The smallest absolute Gasteiger partial charge is 0.410 e. The summed E-state index contributed by atoms with van der Waals surface area (Å²) in [6.07, 6.45) is 6.26. The van der Waals surface area contributed by atoms with Crippen LogP contribution in [0, 0.1) is 32.1 Å². The van der Waals surface area contributed by atoms with Gasteiger partial charge in [-0.1, -0.05) is 30.3 Å². The lowest BCUT2D eigenvalue weighted by atomic mass is 10.0. The first-order valence-electron chi connectivity index (χ1n) is 19.5. The van der Waals surface area contributed by atoms with Crippen LogP contribution in [0.15, 0.2) is 47.4 Å². The molecule has 56 heavy (non-hydrogen) atoms. The molecule has 0 radical (unpaired) electrons. The normalized spacial score (nSPS) is 20.4. The average molecular weight is 761 g/mol. The molecule has 292 valence electrons. The zero-order chi connectivity index (χ0) is 38.9. The number of amides is 1. The van der Waals surface area contributed by atoms with E-state index in [4.69, 9.17) is 34.3 Å². The summed E-state index contributed by atoms with van der Waals surface area (Å²) in [5, 5.41) is 15.4. The van der Waals surface area contributed by atoms with Crippen LogP contribution in [0.4, 0.5) is 10.6 Å². The van der Waals surface area contributed by atoms with Crippen molar-refractivity contribution in [1.82, 2.24) is 39.1 Å². The second-order valence-electron chi connectivity index (χ2n) is 15.1. The number of ether oxygens (including phenoxy) is 3. The van der Waals surface area contributed by atoms with Crippen molar-refractivity contribution in [3.05, 3.63) is 75.5 Å². The molecule has 3 fully saturated rings. The number of nitrogens with zero attached hydrogens (tertiary/aromatic N) is 10. The highest BCUT2D eigenvalue weighted by molar-refractivity contribution is 5.91. The SMILES string of the molecule is Cc1cc2c(cnn2C2CCCCO2)c(-n2c(C)nc3c(N4CCN(C(=O)OCc5ccccc5)[C@@H](CC#N)C4)nc(OC[C@@H]4CCCN4C)nc3c2=O)c1C. The van der Waals surface area contributed by atoms with Gasteiger partial charge < -0.3 is 28.9 Å². The predicted octanol–water partition coefficient (Wildman–Crippen LogP) is 5.36. The highest BCUT2D eigenvalue weighted by Crippen LogP contribution is 2.34. The maximum absolute atomic E-state index is 14.9. The van der Waals surface area contributed by atoms with Crippen molar-refractivity contribution in [3.8, 4) is 17.8 Å². The van der Waals surface area contributed by atoms with Crippen molar-refractivity contribution < 1.29 is 19.0 Å². The van der Waals surface area contributed by atoms with Gasteiger partial charge in [-0.05, 0) is 89.2 Å². The number of fused-ring (bicyclic) bond motifs is 2. The van der Waals surface area contributed by atoms with E-state index in [-0.39, 0.29) is 55.5 Å². The number of anilines is 1. The molecular weight excluding hydrogens is 713 g/mol. The van der Waals surface area contributed by atoms with Gasteiger partial charge in [-0.2, -0.15) is 20.3 Å². The van der Waals surface area contributed by atoms with Crippen LogP contribution in [-0.4, -0.2) is 104 Å². The van der Waals surface area contributed by atoms with E-state index >= 15 is 0 Å². The Morgan fingerprint density at radius 2 is 1.84 bits per heavy atom. The number of hydrogen-bond donors (Lipinski definition) is 0. The Hall–Kier alpha value is -5.59. The molecule has 3 saturated heterocycles. The van der Waals surface area contributed by atoms with Gasteiger partial charge in [0.1, 0.15) is 24.6 Å². The van der Waals surface area contributed by atoms with E-state index in [1.54, 1.807) is 9.47 Å². The van der Waals surface area contributed by atoms with Crippen LogP contribution in [0.1, 0.15) is 67.3 Å². The second-order valence-corrected chi connectivity index (χ2v) is 15.1. The number of likely N-dealkylation sites (tertiary alicyclic amines) is 1. The molecule has 3 atom stereocenters. The molecule has 0 spiro atoms. The molecule has 3 aromatic heterocycles. The molecule has 1 unspecified atom stereocenters. The standard InChI is InChI=1S/C41H48N10O5/c1-26-21-33-32(22-43-51(33)34-14-8-9-20-54-34)37(27(26)2)50-28(3)44-35-36(39(50)52)45-40(55-25-31-13-10-17-47(31)4)46-38(35)48-18-19-49(30(23-48)15-16-42)41(53)56-24-29-11-6-5-7-12-29/h5-7,11-12,21-22,30-31,34H,8-10,13-15,17-20,23-25H2,1-4H3/t30-,31-,34?/m0/s1. The van der Waals surface area contributed by atoms with Crippen LogP contribution in [0.2, 0.25) is 0 Å². The number of carbonyl (C=O) groups is 1. The van der Waals surface area contributed by atoms with Crippen LogP contribution in [0.5, 0.6) is 6.01 Å². The fourth-order valence-electron chi connectivity index (χ4n) is 8.25. The van der Waals surface area contributed by atoms with E-state index in [0.29, 0.717) is 42.6 Å². The monoisotopic (exact) mass is 760 g/mol. The Balaban J connectivity index is 1.19. The molecule has 15 heteroatoms. The van der Waals surface area contributed by atoms with E-state index in [1.165, 1.54) is 0 Å². The first-order valence-corrected chi connectivity index (χ1v) is 19.5. The third-order valence-corrected chi connectivity index (χ3v) is 11.5. The van der Waals surface area contributed by atoms with Gasteiger partial charge in [0.15, 0.2) is 17.6 Å². The number of likely N-dealkylation sites (N-methyl/N-ethyl adjacent to an activating group) is 1. The van der Waals surface area contributed by atoms with Crippen molar-refractivity contribution >= 4 is 33.8 Å². The van der Waals surface area contributed by atoms with Crippen LogP contribution >= 0.6 is 0 Å². The fraction of sp³-hybridized carbons (Fsp3) is 0.488. The summed E-state index contributed by atoms with van der Waals surface area (Å²) >= 11 is 0. The zero-order valence-electron chi connectivity index (χ0n) is 32.5. The highest BCUT2D eigenvalue weighted by Gasteiger charge is 2.34. The molecule has 8 rings (SSSR count). The predicted molar refractivity (Wildman–Crippen MR) is 210 cm³/mol. The van der Waals surface area contributed by atoms with Gasteiger partial charge in [-0.25, -0.2) is 14.5 Å². The van der Waals surface area contributed by atoms with Gasteiger partial charge in [-0.3, -0.25) is 9.36 Å². The van der Waals surface area contributed by atoms with Crippen LogP contribution in [-0.2, 0) is 16.1 Å². The minimum Gasteiger partial charge on any atom is -0.462 e. The van der Waals surface area contributed by atoms with Crippen LogP contribution in [0.3, 0.4) is 0 Å². The maximum Gasteiger partial charge on any atom is 0.410 e. The fourth-order valence-corrected chi connectivity index (χ4v) is 8.25. The Morgan fingerprint density at radius 3 is 2.59 bits per heavy atom. The van der Waals surface area contributed by atoms with Gasteiger partial charge in [0.25, 0.3) is 5.56 Å². The van der Waals surface area contributed by atoms with E-state index in [2.05, 4.69) is 24.1 Å². The van der Waals surface area contributed by atoms with E-state index in [0.717, 1.165) is 66.2 Å². The van der Waals surface area contributed by atoms with Crippen LogP contribution < -0.4 is 15.2 Å². The lowest BCUT2D eigenvalue weighted by Gasteiger charge is -2.40. The number of nitriles is 1. The van der Waals surface area contributed by atoms with E-state index < -0.39 is 12.1 Å².